The van der Waals surface area contributed by atoms with Gasteiger partial charge in [0.25, 0.3) is 11.8 Å². The van der Waals surface area contributed by atoms with Crippen LogP contribution in [0, 0.1) is 12.7 Å². The Labute approximate surface area is 176 Å². The third-order valence-electron chi connectivity index (χ3n) is 4.94. The molecule has 0 bridgehead atoms. The van der Waals surface area contributed by atoms with Gasteiger partial charge in [-0.05, 0) is 69.0 Å². The van der Waals surface area contributed by atoms with Crippen molar-refractivity contribution in [1.82, 2.24) is 4.90 Å². The van der Waals surface area contributed by atoms with E-state index < -0.39 is 11.7 Å². The molecule has 2 aromatic rings. The summed E-state index contributed by atoms with van der Waals surface area (Å²) in [6.07, 6.45) is 3.18. The van der Waals surface area contributed by atoms with Crippen LogP contribution in [0.3, 0.4) is 0 Å². The van der Waals surface area contributed by atoms with E-state index in [0.717, 1.165) is 37.9 Å². The van der Waals surface area contributed by atoms with Crippen LogP contribution in [0.1, 0.15) is 42.1 Å². The Morgan fingerprint density at radius 2 is 1.80 bits per heavy atom. The standard InChI is InChI=1S/C23H27FN2O4/c1-3-29-21-14-17(23(28)25-19-13-16(2)7-9-18(19)24)8-10-20(21)30-15-22(27)26-11-5-4-6-12-26/h7-10,13-14H,3-6,11-12,15H2,1-2H3,(H,25,28). The SMILES string of the molecule is CCOc1cc(C(=O)Nc2cc(C)ccc2F)ccc1OCC(=O)N1CCCCC1. The van der Waals surface area contributed by atoms with Crippen LogP contribution in [0.25, 0.3) is 0 Å². The van der Waals surface area contributed by atoms with Crippen molar-refractivity contribution in [3.63, 3.8) is 0 Å². The minimum atomic E-state index is -0.504. The number of halogens is 1. The van der Waals surface area contributed by atoms with E-state index >= 15 is 0 Å². The molecule has 0 spiro atoms. The van der Waals surface area contributed by atoms with E-state index in [9.17, 15) is 14.0 Å². The van der Waals surface area contributed by atoms with Crippen molar-refractivity contribution in [3.8, 4) is 11.5 Å². The summed E-state index contributed by atoms with van der Waals surface area (Å²) in [7, 11) is 0. The molecule has 160 valence electrons. The molecule has 0 radical (unpaired) electrons. The molecule has 1 heterocycles. The lowest BCUT2D eigenvalue weighted by Gasteiger charge is -2.26. The lowest BCUT2D eigenvalue weighted by Crippen LogP contribution is -2.38. The molecule has 1 aliphatic heterocycles. The molecule has 0 aliphatic carbocycles. The maximum atomic E-state index is 13.9. The molecule has 1 saturated heterocycles. The number of hydrogen-bond donors (Lipinski definition) is 1. The van der Waals surface area contributed by atoms with Crippen LogP contribution in [-0.2, 0) is 4.79 Å². The topological polar surface area (TPSA) is 67.9 Å². The molecule has 0 saturated carbocycles. The lowest BCUT2D eigenvalue weighted by molar-refractivity contribution is -0.134. The number of hydrogen-bond acceptors (Lipinski definition) is 4. The van der Waals surface area contributed by atoms with Crippen molar-refractivity contribution in [3.05, 3.63) is 53.3 Å². The number of nitrogens with one attached hydrogen (secondary N) is 1. The highest BCUT2D eigenvalue weighted by molar-refractivity contribution is 6.04. The van der Waals surface area contributed by atoms with E-state index in [4.69, 9.17) is 9.47 Å². The van der Waals surface area contributed by atoms with Crippen LogP contribution in [-0.4, -0.2) is 43.0 Å². The zero-order chi connectivity index (χ0) is 21.5. The third-order valence-corrected chi connectivity index (χ3v) is 4.94. The van der Waals surface area contributed by atoms with Gasteiger partial charge in [-0.2, -0.15) is 0 Å². The minimum absolute atomic E-state index is 0.0612. The zero-order valence-corrected chi connectivity index (χ0v) is 17.4. The van der Waals surface area contributed by atoms with E-state index in [0.29, 0.717) is 23.7 Å². The molecule has 3 rings (SSSR count). The van der Waals surface area contributed by atoms with E-state index in [1.54, 1.807) is 24.3 Å². The summed E-state index contributed by atoms with van der Waals surface area (Å²) in [6.45, 7) is 5.44. The fourth-order valence-corrected chi connectivity index (χ4v) is 3.34. The first-order valence-electron chi connectivity index (χ1n) is 10.2. The first kappa shape index (κ1) is 21.6. The highest BCUT2D eigenvalue weighted by Gasteiger charge is 2.19. The number of rotatable bonds is 7. The van der Waals surface area contributed by atoms with Gasteiger partial charge in [-0.25, -0.2) is 4.39 Å². The predicted molar refractivity (Wildman–Crippen MR) is 113 cm³/mol. The van der Waals surface area contributed by atoms with Gasteiger partial charge in [-0.15, -0.1) is 0 Å². The van der Waals surface area contributed by atoms with Crippen molar-refractivity contribution in [2.45, 2.75) is 33.1 Å². The Bertz CT molecular complexity index is 910. The van der Waals surface area contributed by atoms with Gasteiger partial charge in [0.05, 0.1) is 12.3 Å². The van der Waals surface area contributed by atoms with Gasteiger partial charge < -0.3 is 19.7 Å². The first-order chi connectivity index (χ1) is 14.5. The fraction of sp³-hybridized carbons (Fsp3) is 0.391. The van der Waals surface area contributed by atoms with Gasteiger partial charge in [0.1, 0.15) is 5.82 Å². The third kappa shape index (κ3) is 5.49. The molecular weight excluding hydrogens is 387 g/mol. The van der Waals surface area contributed by atoms with Crippen molar-refractivity contribution in [2.75, 3.05) is 31.6 Å². The number of aryl methyl sites for hydroxylation is 1. The largest absolute Gasteiger partial charge is 0.490 e. The van der Waals surface area contributed by atoms with E-state index in [2.05, 4.69) is 5.32 Å². The van der Waals surface area contributed by atoms with Crippen molar-refractivity contribution in [2.24, 2.45) is 0 Å². The second-order valence-electron chi connectivity index (χ2n) is 7.26. The van der Waals surface area contributed by atoms with Crippen molar-refractivity contribution in [1.29, 1.82) is 0 Å². The normalized spacial score (nSPS) is 13.6. The van der Waals surface area contributed by atoms with E-state index in [1.807, 2.05) is 18.7 Å². The number of carbonyl (C=O) groups is 2. The Hall–Kier alpha value is -3.09. The van der Waals surface area contributed by atoms with Crippen LogP contribution in [0.4, 0.5) is 10.1 Å². The van der Waals surface area contributed by atoms with Crippen molar-refractivity contribution >= 4 is 17.5 Å². The average Bonchev–Trinajstić information content (AvgIpc) is 2.76. The quantitative estimate of drug-likeness (QED) is 0.738. The summed E-state index contributed by atoms with van der Waals surface area (Å²) in [5.74, 6) is -0.276. The van der Waals surface area contributed by atoms with Gasteiger partial charge in [0.2, 0.25) is 0 Å². The number of ether oxygens (including phenoxy) is 2. The molecule has 0 unspecified atom stereocenters. The van der Waals surface area contributed by atoms with Crippen molar-refractivity contribution < 1.29 is 23.5 Å². The number of piperidine rings is 1. The van der Waals surface area contributed by atoms with Crippen LogP contribution in [0.5, 0.6) is 11.5 Å². The number of amides is 2. The van der Waals surface area contributed by atoms with Gasteiger partial charge in [0, 0.05) is 18.7 Å². The van der Waals surface area contributed by atoms with Gasteiger partial charge in [-0.1, -0.05) is 6.07 Å². The summed E-state index contributed by atoms with van der Waals surface area (Å²) in [6, 6.07) is 9.21. The van der Waals surface area contributed by atoms with Crippen LogP contribution in [0.2, 0.25) is 0 Å². The summed E-state index contributed by atoms with van der Waals surface area (Å²) >= 11 is 0. The number of nitrogens with zero attached hydrogens (tertiary/aromatic N) is 1. The predicted octanol–water partition coefficient (Wildman–Crippen LogP) is 4.18. The summed E-state index contributed by atoms with van der Waals surface area (Å²) in [5.41, 5.74) is 1.25. The second-order valence-corrected chi connectivity index (χ2v) is 7.26. The van der Waals surface area contributed by atoms with Crippen LogP contribution >= 0.6 is 0 Å². The van der Waals surface area contributed by atoms with Crippen LogP contribution in [0.15, 0.2) is 36.4 Å². The van der Waals surface area contributed by atoms with Gasteiger partial charge in [-0.3, -0.25) is 9.59 Å². The number of anilines is 1. The summed E-state index contributed by atoms with van der Waals surface area (Å²) < 4.78 is 25.2. The van der Waals surface area contributed by atoms with Gasteiger partial charge >= 0.3 is 0 Å². The maximum absolute atomic E-state index is 13.9. The molecule has 1 N–H and O–H groups in total. The molecule has 0 aromatic heterocycles. The number of benzene rings is 2. The molecule has 7 heteroatoms. The lowest BCUT2D eigenvalue weighted by atomic mass is 10.1. The molecular formula is C23H27FN2O4. The Morgan fingerprint density at radius 3 is 2.53 bits per heavy atom. The van der Waals surface area contributed by atoms with E-state index in [1.165, 1.54) is 12.1 Å². The van der Waals surface area contributed by atoms with E-state index in [-0.39, 0.29) is 18.2 Å². The van der Waals surface area contributed by atoms with Gasteiger partial charge in [0.15, 0.2) is 18.1 Å². The summed E-state index contributed by atoms with van der Waals surface area (Å²) in [5, 5.41) is 2.58. The molecule has 30 heavy (non-hydrogen) atoms. The minimum Gasteiger partial charge on any atom is -0.490 e. The van der Waals surface area contributed by atoms with Crippen LogP contribution < -0.4 is 14.8 Å². The highest BCUT2D eigenvalue weighted by atomic mass is 19.1. The number of likely N-dealkylation sites (tertiary alicyclic amines) is 1. The zero-order valence-electron chi connectivity index (χ0n) is 17.4. The monoisotopic (exact) mass is 414 g/mol. The first-order valence-corrected chi connectivity index (χ1v) is 10.2. The summed E-state index contributed by atoms with van der Waals surface area (Å²) in [4.78, 5) is 26.7. The molecule has 2 amide bonds. The second kappa shape index (κ2) is 10.1. The fourth-order valence-electron chi connectivity index (χ4n) is 3.34. The average molecular weight is 414 g/mol. The molecule has 2 aromatic carbocycles. The Kier molecular flexibility index (Phi) is 7.27. The molecule has 6 nitrogen and oxygen atoms in total. The Morgan fingerprint density at radius 1 is 1.03 bits per heavy atom. The highest BCUT2D eigenvalue weighted by Crippen LogP contribution is 2.29. The smallest absolute Gasteiger partial charge is 0.260 e. The molecule has 1 fully saturated rings. The number of carbonyl (C=O) groups excluding carboxylic acids is 2. The molecule has 0 atom stereocenters. The molecule has 1 aliphatic rings. The Balaban J connectivity index is 1.70. The maximum Gasteiger partial charge on any atom is 0.260 e.